The molecule has 0 radical (unpaired) electrons. The number of imidazole rings is 1. The molecule has 56 valence electrons. The molecule has 0 fully saturated rings. The van der Waals surface area contributed by atoms with E-state index in [1.165, 1.54) is 0 Å². The zero-order valence-electron chi connectivity index (χ0n) is 5.75. The maximum Gasteiger partial charge on any atom is 0.0919 e. The topological polar surface area (TPSA) is 67.3 Å². The van der Waals surface area contributed by atoms with Crippen molar-refractivity contribution in [2.24, 2.45) is 0 Å². The van der Waals surface area contributed by atoms with E-state index in [4.69, 9.17) is 0 Å². The Kier molecular flexibility index (Phi) is 3.36. The second-order valence-electron chi connectivity index (χ2n) is 1.57. The van der Waals surface area contributed by atoms with Crippen LogP contribution in [0.15, 0.2) is 37.2 Å². The van der Waals surface area contributed by atoms with Crippen LogP contribution in [-0.4, -0.2) is 25.4 Å². The van der Waals surface area contributed by atoms with E-state index in [1.54, 1.807) is 37.2 Å². The Hall–Kier alpha value is -1.78. The van der Waals surface area contributed by atoms with E-state index in [2.05, 4.69) is 25.4 Å². The molecule has 0 aliphatic carbocycles. The van der Waals surface area contributed by atoms with Crippen LogP contribution in [0.4, 0.5) is 0 Å². The number of aromatic nitrogens is 5. The molecule has 5 heteroatoms. The second-order valence-corrected chi connectivity index (χ2v) is 1.57. The van der Waals surface area contributed by atoms with Gasteiger partial charge in [0.2, 0.25) is 0 Å². The lowest BCUT2D eigenvalue weighted by atomic mass is 10.7. The Balaban J connectivity index is 0.000000112. The fourth-order valence-corrected chi connectivity index (χ4v) is 0.420. The SMILES string of the molecule is c1c[nH]cn1.c1cnnnc1. The fraction of sp³-hybridized carbons (Fsp3) is 0. The Morgan fingerprint density at radius 1 is 1.00 bits per heavy atom. The molecule has 2 heterocycles. The van der Waals surface area contributed by atoms with Crippen molar-refractivity contribution in [3.05, 3.63) is 37.2 Å². The van der Waals surface area contributed by atoms with Gasteiger partial charge in [0.15, 0.2) is 0 Å². The van der Waals surface area contributed by atoms with E-state index in [0.29, 0.717) is 0 Å². The standard InChI is InChI=1S/C3H3N3.C3H4N2/c1-2-4-6-5-3-1;1-2-5-3-4-1/h1-3H;1-3H,(H,4,5). The monoisotopic (exact) mass is 149 g/mol. The zero-order valence-corrected chi connectivity index (χ0v) is 5.75. The van der Waals surface area contributed by atoms with Crippen molar-refractivity contribution in [1.82, 2.24) is 25.4 Å². The first kappa shape index (κ1) is 7.33. The molecule has 5 nitrogen and oxygen atoms in total. The molecule has 0 spiro atoms. The minimum absolute atomic E-state index is 1.58. The summed E-state index contributed by atoms with van der Waals surface area (Å²) in [4.78, 5) is 6.42. The smallest absolute Gasteiger partial charge is 0.0919 e. The van der Waals surface area contributed by atoms with E-state index in [-0.39, 0.29) is 0 Å². The van der Waals surface area contributed by atoms with Crippen LogP contribution in [0.3, 0.4) is 0 Å². The molecule has 11 heavy (non-hydrogen) atoms. The molecule has 2 aromatic rings. The molecule has 0 aromatic carbocycles. The van der Waals surface area contributed by atoms with Gasteiger partial charge in [-0.1, -0.05) is 0 Å². The van der Waals surface area contributed by atoms with Gasteiger partial charge in [-0.2, -0.15) is 0 Å². The highest BCUT2D eigenvalue weighted by atomic mass is 15.3. The average molecular weight is 149 g/mol. The van der Waals surface area contributed by atoms with Gasteiger partial charge in [0.05, 0.1) is 18.7 Å². The summed E-state index contributed by atoms with van der Waals surface area (Å²) in [7, 11) is 0. The third-order valence-electron chi connectivity index (χ3n) is 0.815. The summed E-state index contributed by atoms with van der Waals surface area (Å²) in [5.74, 6) is 0. The first-order valence-electron chi connectivity index (χ1n) is 3.01. The molecule has 0 amide bonds. The van der Waals surface area contributed by atoms with Gasteiger partial charge in [-0.15, -0.1) is 10.2 Å². The molecule has 2 aromatic heterocycles. The third kappa shape index (κ3) is 3.74. The lowest BCUT2D eigenvalue weighted by molar-refractivity contribution is 0.865. The molecule has 0 saturated heterocycles. The number of rotatable bonds is 0. The Bertz CT molecular complexity index is 197. The largest absolute Gasteiger partial charge is 0.351 e. The van der Waals surface area contributed by atoms with Gasteiger partial charge in [0.1, 0.15) is 0 Å². The zero-order chi connectivity index (χ0) is 7.78. The Morgan fingerprint density at radius 2 is 1.82 bits per heavy atom. The van der Waals surface area contributed by atoms with Gasteiger partial charge in [-0.3, -0.25) is 0 Å². The molecule has 2 rings (SSSR count). The highest BCUT2D eigenvalue weighted by Crippen LogP contribution is 1.62. The minimum atomic E-state index is 1.58. The van der Waals surface area contributed by atoms with E-state index < -0.39 is 0 Å². The van der Waals surface area contributed by atoms with Gasteiger partial charge in [-0.05, 0) is 11.3 Å². The van der Waals surface area contributed by atoms with E-state index in [0.717, 1.165) is 0 Å². The van der Waals surface area contributed by atoms with Crippen molar-refractivity contribution < 1.29 is 0 Å². The van der Waals surface area contributed by atoms with Crippen molar-refractivity contribution in [3.63, 3.8) is 0 Å². The van der Waals surface area contributed by atoms with Crippen LogP contribution < -0.4 is 0 Å². The number of nitrogens with zero attached hydrogens (tertiary/aromatic N) is 4. The number of nitrogens with one attached hydrogen (secondary N) is 1. The molecule has 0 bridgehead atoms. The number of hydrogen-bond acceptors (Lipinski definition) is 4. The Labute approximate surface area is 63.5 Å². The summed E-state index contributed by atoms with van der Waals surface area (Å²) >= 11 is 0. The molecule has 0 atom stereocenters. The van der Waals surface area contributed by atoms with Crippen LogP contribution >= 0.6 is 0 Å². The quantitative estimate of drug-likeness (QED) is 0.584. The lowest BCUT2D eigenvalue weighted by Gasteiger charge is -1.68. The predicted molar refractivity (Wildman–Crippen MR) is 38.4 cm³/mol. The highest BCUT2D eigenvalue weighted by Gasteiger charge is 1.60. The van der Waals surface area contributed by atoms with E-state index in [1.807, 2.05) is 0 Å². The van der Waals surface area contributed by atoms with Crippen molar-refractivity contribution >= 4 is 0 Å². The molecule has 0 unspecified atom stereocenters. The summed E-state index contributed by atoms with van der Waals surface area (Å²) < 4.78 is 0. The first-order chi connectivity index (χ1) is 5.50. The predicted octanol–water partition coefficient (Wildman–Crippen LogP) is 0.281. The number of H-pyrrole nitrogens is 1. The summed E-state index contributed by atoms with van der Waals surface area (Å²) in [6.45, 7) is 0. The number of aromatic amines is 1. The first-order valence-corrected chi connectivity index (χ1v) is 3.01. The second kappa shape index (κ2) is 5.04. The lowest BCUT2D eigenvalue weighted by Crippen LogP contribution is -1.78. The van der Waals surface area contributed by atoms with Crippen LogP contribution in [0, 0.1) is 0 Å². The molecular weight excluding hydrogens is 142 g/mol. The average Bonchev–Trinajstić information content (AvgIpc) is 2.64. The molecule has 0 aliphatic heterocycles. The van der Waals surface area contributed by atoms with Crippen LogP contribution in [0.1, 0.15) is 0 Å². The summed E-state index contributed by atoms with van der Waals surface area (Å²) in [5.41, 5.74) is 0. The van der Waals surface area contributed by atoms with Crippen LogP contribution in [0.25, 0.3) is 0 Å². The van der Waals surface area contributed by atoms with Crippen LogP contribution in [0.5, 0.6) is 0 Å². The van der Waals surface area contributed by atoms with Crippen molar-refractivity contribution in [1.29, 1.82) is 0 Å². The molecule has 0 aliphatic rings. The fourth-order valence-electron chi connectivity index (χ4n) is 0.420. The maximum atomic E-state index is 3.67. The van der Waals surface area contributed by atoms with Gasteiger partial charge < -0.3 is 4.98 Å². The Morgan fingerprint density at radius 3 is 2.00 bits per heavy atom. The summed E-state index contributed by atoms with van der Waals surface area (Å²) in [6, 6.07) is 1.72. The summed E-state index contributed by atoms with van der Waals surface area (Å²) in [6.07, 6.45) is 8.24. The maximum absolute atomic E-state index is 3.67. The van der Waals surface area contributed by atoms with Crippen molar-refractivity contribution in [3.8, 4) is 0 Å². The van der Waals surface area contributed by atoms with Crippen LogP contribution in [0.2, 0.25) is 0 Å². The third-order valence-corrected chi connectivity index (χ3v) is 0.815. The van der Waals surface area contributed by atoms with Gasteiger partial charge >= 0.3 is 0 Å². The van der Waals surface area contributed by atoms with Crippen LogP contribution in [-0.2, 0) is 0 Å². The summed E-state index contributed by atoms with van der Waals surface area (Å²) in [5, 5.41) is 10.1. The minimum Gasteiger partial charge on any atom is -0.351 e. The van der Waals surface area contributed by atoms with Gasteiger partial charge in [0, 0.05) is 12.4 Å². The number of hydrogen-bond donors (Lipinski definition) is 1. The van der Waals surface area contributed by atoms with E-state index >= 15 is 0 Å². The van der Waals surface area contributed by atoms with Gasteiger partial charge in [0.25, 0.3) is 0 Å². The molecule has 1 N–H and O–H groups in total. The highest BCUT2D eigenvalue weighted by molar-refractivity contribution is 4.69. The van der Waals surface area contributed by atoms with Gasteiger partial charge in [-0.25, -0.2) is 4.98 Å². The van der Waals surface area contributed by atoms with Crippen molar-refractivity contribution in [2.45, 2.75) is 0 Å². The normalized spacial score (nSPS) is 8.00. The van der Waals surface area contributed by atoms with Crippen molar-refractivity contribution in [2.75, 3.05) is 0 Å². The molecular formula is C6H7N5. The molecule has 0 saturated carbocycles. The van der Waals surface area contributed by atoms with E-state index in [9.17, 15) is 0 Å².